The molecule has 1 aliphatic heterocycles. The van der Waals surface area contributed by atoms with Gasteiger partial charge in [0, 0.05) is 17.7 Å². The fraction of sp³-hybridized carbons (Fsp3) is 0.625. The first-order chi connectivity index (χ1) is 9.30. The van der Waals surface area contributed by atoms with Gasteiger partial charge in [0.2, 0.25) is 0 Å². The van der Waals surface area contributed by atoms with Crippen LogP contribution in [0.15, 0.2) is 16.9 Å². The molecular weight excluding hydrogens is 254 g/mol. The molecule has 0 spiro atoms. The molecule has 20 heavy (non-hydrogen) atoms. The number of Topliss-reactive ketones (excluding diaryl/α,β-unsaturated/α-hetero) is 1. The van der Waals surface area contributed by atoms with Gasteiger partial charge in [0.15, 0.2) is 5.78 Å². The van der Waals surface area contributed by atoms with Gasteiger partial charge >= 0.3 is 0 Å². The molecule has 0 bridgehead atoms. The van der Waals surface area contributed by atoms with E-state index in [0.29, 0.717) is 6.54 Å². The van der Waals surface area contributed by atoms with E-state index in [2.05, 4.69) is 20.8 Å². The van der Waals surface area contributed by atoms with E-state index in [1.807, 2.05) is 6.07 Å². The van der Waals surface area contributed by atoms with Crippen molar-refractivity contribution in [3.8, 4) is 0 Å². The molecule has 2 rings (SSSR count). The third-order valence-corrected chi connectivity index (χ3v) is 3.73. The number of hydrogen-bond donors (Lipinski definition) is 0. The first-order valence-electron chi connectivity index (χ1n) is 7.17. The predicted octanol–water partition coefficient (Wildman–Crippen LogP) is 2.53. The van der Waals surface area contributed by atoms with Gasteiger partial charge < -0.3 is 9.30 Å². The van der Waals surface area contributed by atoms with E-state index in [0.717, 1.165) is 25.1 Å². The summed E-state index contributed by atoms with van der Waals surface area (Å²) in [4.78, 5) is 24.1. The highest BCUT2D eigenvalue weighted by atomic mass is 16.5. The third kappa shape index (κ3) is 3.01. The molecule has 4 heteroatoms. The van der Waals surface area contributed by atoms with Crippen LogP contribution >= 0.6 is 0 Å². The van der Waals surface area contributed by atoms with Gasteiger partial charge in [0.05, 0.1) is 18.2 Å². The molecular formula is C16H23NO3. The molecule has 1 saturated heterocycles. The summed E-state index contributed by atoms with van der Waals surface area (Å²) in [6.45, 7) is 8.94. The normalized spacial score (nSPS) is 19.3. The predicted molar refractivity (Wildman–Crippen MR) is 78.4 cm³/mol. The Labute approximate surface area is 119 Å². The van der Waals surface area contributed by atoms with Crippen LogP contribution in [0.25, 0.3) is 0 Å². The lowest BCUT2D eigenvalue weighted by molar-refractivity contribution is 0.0937. The molecule has 0 amide bonds. The number of carbonyl (C=O) groups is 1. The van der Waals surface area contributed by atoms with Crippen LogP contribution in [0.4, 0.5) is 0 Å². The lowest BCUT2D eigenvalue weighted by Gasteiger charge is -2.26. The molecule has 0 radical (unpaired) electrons. The van der Waals surface area contributed by atoms with Gasteiger partial charge in [0.1, 0.15) is 0 Å². The average molecular weight is 277 g/mol. The summed E-state index contributed by atoms with van der Waals surface area (Å²) >= 11 is 0. The number of carbonyl (C=O) groups excluding carboxylic acids is 1. The quantitative estimate of drug-likeness (QED) is 0.798. The molecule has 2 heterocycles. The molecule has 1 fully saturated rings. The van der Waals surface area contributed by atoms with Crippen LogP contribution in [-0.4, -0.2) is 23.1 Å². The van der Waals surface area contributed by atoms with E-state index in [1.54, 1.807) is 10.6 Å². The van der Waals surface area contributed by atoms with Gasteiger partial charge in [-0.15, -0.1) is 0 Å². The highest BCUT2D eigenvalue weighted by Gasteiger charge is 2.24. The zero-order chi connectivity index (χ0) is 14.9. The Balaban J connectivity index is 2.50. The second-order valence-electron chi connectivity index (χ2n) is 6.49. The van der Waals surface area contributed by atoms with Gasteiger partial charge in [-0.25, -0.2) is 0 Å². The molecule has 0 aliphatic carbocycles. The van der Waals surface area contributed by atoms with E-state index in [9.17, 15) is 9.59 Å². The van der Waals surface area contributed by atoms with E-state index >= 15 is 0 Å². The Morgan fingerprint density at radius 1 is 1.40 bits per heavy atom. The standard InChI is InChI=1S/C16H23NO3/c1-11(18)13-7-8-14(16(2,3)4)17(15(13)19)10-12-6-5-9-20-12/h7-8,12H,5-6,9-10H2,1-4H3. The van der Waals surface area contributed by atoms with Crippen molar-refractivity contribution < 1.29 is 9.53 Å². The summed E-state index contributed by atoms with van der Waals surface area (Å²) in [5, 5.41) is 0. The van der Waals surface area contributed by atoms with Crippen LogP contribution in [0.5, 0.6) is 0 Å². The fourth-order valence-corrected chi connectivity index (χ4v) is 2.67. The van der Waals surface area contributed by atoms with Crippen molar-refractivity contribution in [1.82, 2.24) is 4.57 Å². The second kappa shape index (κ2) is 5.52. The maximum atomic E-state index is 12.6. The second-order valence-corrected chi connectivity index (χ2v) is 6.49. The number of pyridine rings is 1. The molecule has 1 atom stereocenters. The van der Waals surface area contributed by atoms with Crippen LogP contribution in [0.1, 0.15) is 56.6 Å². The van der Waals surface area contributed by atoms with Crippen molar-refractivity contribution in [1.29, 1.82) is 0 Å². The van der Waals surface area contributed by atoms with Crippen LogP contribution in [0, 0.1) is 0 Å². The van der Waals surface area contributed by atoms with Crippen molar-refractivity contribution in [3.05, 3.63) is 33.7 Å². The number of rotatable bonds is 3. The van der Waals surface area contributed by atoms with Crippen molar-refractivity contribution in [2.24, 2.45) is 0 Å². The minimum Gasteiger partial charge on any atom is -0.376 e. The molecule has 1 unspecified atom stereocenters. The van der Waals surface area contributed by atoms with Crippen LogP contribution in [0.3, 0.4) is 0 Å². The minimum absolute atomic E-state index is 0.0796. The monoisotopic (exact) mass is 277 g/mol. The van der Waals surface area contributed by atoms with Gasteiger partial charge in [-0.3, -0.25) is 9.59 Å². The van der Waals surface area contributed by atoms with E-state index in [1.165, 1.54) is 6.92 Å². The molecule has 110 valence electrons. The smallest absolute Gasteiger partial charge is 0.261 e. The van der Waals surface area contributed by atoms with Crippen LogP contribution in [-0.2, 0) is 16.7 Å². The number of nitrogens with zero attached hydrogens (tertiary/aromatic N) is 1. The number of ether oxygens (including phenoxy) is 1. The summed E-state index contributed by atoms with van der Waals surface area (Å²) in [7, 11) is 0. The summed E-state index contributed by atoms with van der Waals surface area (Å²) < 4.78 is 7.36. The van der Waals surface area contributed by atoms with Crippen molar-refractivity contribution in [2.75, 3.05) is 6.61 Å². The number of hydrogen-bond acceptors (Lipinski definition) is 3. The lowest BCUT2D eigenvalue weighted by Crippen LogP contribution is -2.35. The molecule has 1 aromatic rings. The van der Waals surface area contributed by atoms with E-state index in [4.69, 9.17) is 4.74 Å². The van der Waals surface area contributed by atoms with Gasteiger partial charge in [-0.05, 0) is 31.9 Å². The molecule has 0 N–H and O–H groups in total. The molecule has 1 aromatic heterocycles. The third-order valence-electron chi connectivity index (χ3n) is 3.73. The van der Waals surface area contributed by atoms with Gasteiger partial charge in [0.25, 0.3) is 5.56 Å². The lowest BCUT2D eigenvalue weighted by atomic mass is 9.90. The van der Waals surface area contributed by atoms with Crippen LogP contribution < -0.4 is 5.56 Å². The zero-order valence-electron chi connectivity index (χ0n) is 12.7. The Bertz CT molecular complexity index is 560. The molecule has 0 aromatic carbocycles. The van der Waals surface area contributed by atoms with Crippen molar-refractivity contribution in [3.63, 3.8) is 0 Å². The Morgan fingerprint density at radius 2 is 2.10 bits per heavy atom. The summed E-state index contributed by atoms with van der Waals surface area (Å²) in [6.07, 6.45) is 2.09. The maximum absolute atomic E-state index is 12.6. The molecule has 4 nitrogen and oxygen atoms in total. The number of aromatic nitrogens is 1. The first-order valence-corrected chi connectivity index (χ1v) is 7.17. The summed E-state index contributed by atoms with van der Waals surface area (Å²) in [6, 6.07) is 3.55. The van der Waals surface area contributed by atoms with Crippen molar-refractivity contribution in [2.45, 2.75) is 58.6 Å². The SMILES string of the molecule is CC(=O)c1ccc(C(C)(C)C)n(CC2CCCO2)c1=O. The minimum atomic E-state index is -0.194. The van der Waals surface area contributed by atoms with Crippen molar-refractivity contribution >= 4 is 5.78 Å². The largest absolute Gasteiger partial charge is 0.376 e. The highest BCUT2D eigenvalue weighted by Crippen LogP contribution is 2.23. The Kier molecular flexibility index (Phi) is 4.14. The molecule has 0 saturated carbocycles. The summed E-state index contributed by atoms with van der Waals surface area (Å²) in [5.41, 5.74) is 0.868. The van der Waals surface area contributed by atoms with Gasteiger partial charge in [-0.1, -0.05) is 20.8 Å². The van der Waals surface area contributed by atoms with Gasteiger partial charge in [-0.2, -0.15) is 0 Å². The Hall–Kier alpha value is -1.42. The molecule has 1 aliphatic rings. The maximum Gasteiger partial charge on any atom is 0.261 e. The zero-order valence-corrected chi connectivity index (χ0v) is 12.7. The van der Waals surface area contributed by atoms with E-state index < -0.39 is 0 Å². The first kappa shape index (κ1) is 15.0. The fourth-order valence-electron chi connectivity index (χ4n) is 2.67. The average Bonchev–Trinajstić information content (AvgIpc) is 2.82. The number of ketones is 1. The topological polar surface area (TPSA) is 48.3 Å². The summed E-state index contributed by atoms with van der Waals surface area (Å²) in [5.74, 6) is -0.184. The highest BCUT2D eigenvalue weighted by molar-refractivity contribution is 5.93. The van der Waals surface area contributed by atoms with E-state index in [-0.39, 0.29) is 28.4 Å². The Morgan fingerprint density at radius 3 is 2.60 bits per heavy atom. The van der Waals surface area contributed by atoms with Crippen LogP contribution in [0.2, 0.25) is 0 Å².